The first-order valence-corrected chi connectivity index (χ1v) is 10.9. The van der Waals surface area contributed by atoms with Gasteiger partial charge in [0.2, 0.25) is 22.3 Å². The zero-order valence-electron chi connectivity index (χ0n) is 15.4. The standard InChI is InChI=1S/C20H22N4O3S/c25-28(26,14-13-23-11-4-12-23)24(19-5-2-1-3-6-19)15-17-7-9-18(10-8-17)20-22-21-16-27-20/h1-3,5-10,16H,4,11-15H2. The van der Waals surface area contributed by atoms with Crippen LogP contribution >= 0.6 is 0 Å². The van der Waals surface area contributed by atoms with Crippen LogP contribution in [-0.2, 0) is 16.6 Å². The Bertz CT molecular complexity index is 986. The molecule has 0 bridgehead atoms. The Morgan fingerprint density at radius 3 is 2.39 bits per heavy atom. The van der Waals surface area contributed by atoms with Crippen molar-refractivity contribution in [2.45, 2.75) is 13.0 Å². The second kappa shape index (κ2) is 8.12. The van der Waals surface area contributed by atoms with E-state index in [0.717, 1.165) is 30.6 Å². The van der Waals surface area contributed by atoms with Crippen molar-refractivity contribution < 1.29 is 12.8 Å². The molecule has 0 aliphatic carbocycles. The highest BCUT2D eigenvalue weighted by molar-refractivity contribution is 7.92. The molecule has 7 nitrogen and oxygen atoms in total. The van der Waals surface area contributed by atoms with Crippen molar-refractivity contribution in [3.8, 4) is 11.5 Å². The van der Waals surface area contributed by atoms with Gasteiger partial charge in [0, 0.05) is 12.1 Å². The molecule has 28 heavy (non-hydrogen) atoms. The van der Waals surface area contributed by atoms with Gasteiger partial charge in [0.1, 0.15) is 0 Å². The third kappa shape index (κ3) is 4.23. The van der Waals surface area contributed by atoms with Gasteiger partial charge < -0.3 is 9.32 Å². The summed E-state index contributed by atoms with van der Waals surface area (Å²) in [4.78, 5) is 2.17. The number of hydrogen-bond donors (Lipinski definition) is 0. The lowest BCUT2D eigenvalue weighted by Gasteiger charge is -2.32. The molecule has 8 heteroatoms. The van der Waals surface area contributed by atoms with Crippen molar-refractivity contribution in [1.29, 1.82) is 0 Å². The maximum atomic E-state index is 13.1. The number of likely N-dealkylation sites (tertiary alicyclic amines) is 1. The van der Waals surface area contributed by atoms with Crippen molar-refractivity contribution in [3.63, 3.8) is 0 Å². The maximum Gasteiger partial charge on any atom is 0.247 e. The number of anilines is 1. The second-order valence-electron chi connectivity index (χ2n) is 6.79. The van der Waals surface area contributed by atoms with Gasteiger partial charge in [0.05, 0.1) is 18.0 Å². The molecule has 146 valence electrons. The molecule has 0 spiro atoms. The first-order valence-electron chi connectivity index (χ1n) is 9.25. The van der Waals surface area contributed by atoms with E-state index in [2.05, 4.69) is 15.1 Å². The molecule has 1 saturated heterocycles. The zero-order chi connectivity index (χ0) is 19.4. The summed E-state index contributed by atoms with van der Waals surface area (Å²) in [5, 5.41) is 7.57. The van der Waals surface area contributed by atoms with E-state index >= 15 is 0 Å². The molecule has 0 unspecified atom stereocenters. The zero-order valence-corrected chi connectivity index (χ0v) is 16.3. The average Bonchev–Trinajstić information content (AvgIpc) is 3.20. The molecule has 0 N–H and O–H groups in total. The van der Waals surface area contributed by atoms with Crippen LogP contribution in [0.25, 0.3) is 11.5 Å². The minimum absolute atomic E-state index is 0.113. The monoisotopic (exact) mass is 398 g/mol. The van der Waals surface area contributed by atoms with Crippen LogP contribution in [0.2, 0.25) is 0 Å². The number of hydrogen-bond acceptors (Lipinski definition) is 6. The molecule has 0 amide bonds. The molecule has 2 heterocycles. The van der Waals surface area contributed by atoms with Gasteiger partial charge in [-0.3, -0.25) is 4.31 Å². The molecule has 0 saturated carbocycles. The van der Waals surface area contributed by atoms with E-state index in [1.54, 1.807) is 0 Å². The first kappa shape index (κ1) is 18.6. The second-order valence-corrected chi connectivity index (χ2v) is 8.81. The van der Waals surface area contributed by atoms with Crippen LogP contribution in [0.5, 0.6) is 0 Å². The third-order valence-electron chi connectivity index (χ3n) is 4.88. The molecular weight excluding hydrogens is 376 g/mol. The molecule has 1 aliphatic rings. The number of aromatic nitrogens is 2. The highest BCUT2D eigenvalue weighted by Gasteiger charge is 2.25. The summed E-state index contributed by atoms with van der Waals surface area (Å²) in [6.07, 6.45) is 2.43. The summed E-state index contributed by atoms with van der Waals surface area (Å²) in [6, 6.07) is 16.7. The molecular formula is C20H22N4O3S. The van der Waals surface area contributed by atoms with Gasteiger partial charge >= 0.3 is 0 Å². The minimum atomic E-state index is -3.45. The number of sulfonamides is 1. The Morgan fingerprint density at radius 1 is 1.04 bits per heavy atom. The van der Waals surface area contributed by atoms with Crippen molar-refractivity contribution >= 4 is 15.7 Å². The van der Waals surface area contributed by atoms with Crippen molar-refractivity contribution in [1.82, 2.24) is 15.1 Å². The van der Waals surface area contributed by atoms with Crippen LogP contribution in [0.4, 0.5) is 5.69 Å². The summed E-state index contributed by atoms with van der Waals surface area (Å²) in [6.45, 7) is 2.81. The number of rotatable bonds is 8. The highest BCUT2D eigenvalue weighted by Crippen LogP contribution is 2.23. The summed E-state index contributed by atoms with van der Waals surface area (Å²) < 4.78 is 32.9. The van der Waals surface area contributed by atoms with Gasteiger partial charge in [-0.2, -0.15) is 0 Å². The van der Waals surface area contributed by atoms with E-state index in [1.807, 2.05) is 54.6 Å². The lowest BCUT2D eigenvalue weighted by molar-refractivity contribution is 0.193. The van der Waals surface area contributed by atoms with E-state index < -0.39 is 10.0 Å². The lowest BCUT2D eigenvalue weighted by Crippen LogP contribution is -2.43. The van der Waals surface area contributed by atoms with Crippen molar-refractivity contribution in [2.75, 3.05) is 29.7 Å². The fraction of sp³-hybridized carbons (Fsp3) is 0.300. The number of nitrogens with zero attached hydrogens (tertiary/aromatic N) is 4. The van der Waals surface area contributed by atoms with E-state index in [1.165, 1.54) is 10.7 Å². The first-order chi connectivity index (χ1) is 13.6. The Morgan fingerprint density at radius 2 is 1.79 bits per heavy atom. The molecule has 4 rings (SSSR count). The molecule has 1 aromatic heterocycles. The Kier molecular flexibility index (Phi) is 5.40. The van der Waals surface area contributed by atoms with Crippen molar-refractivity contribution in [2.24, 2.45) is 0 Å². The largest absolute Gasteiger partial charge is 0.423 e. The predicted octanol–water partition coefficient (Wildman–Crippen LogP) is 2.78. The van der Waals surface area contributed by atoms with Crippen LogP contribution < -0.4 is 4.31 Å². The van der Waals surface area contributed by atoms with E-state index in [-0.39, 0.29) is 12.3 Å². The van der Waals surface area contributed by atoms with Crippen LogP contribution in [0, 0.1) is 0 Å². The fourth-order valence-electron chi connectivity index (χ4n) is 3.12. The molecule has 1 aliphatic heterocycles. The molecule has 2 aromatic carbocycles. The predicted molar refractivity (Wildman–Crippen MR) is 107 cm³/mol. The average molecular weight is 398 g/mol. The van der Waals surface area contributed by atoms with Gasteiger partial charge in [0.25, 0.3) is 0 Å². The van der Waals surface area contributed by atoms with Gasteiger partial charge in [-0.25, -0.2) is 8.42 Å². The third-order valence-corrected chi connectivity index (χ3v) is 6.59. The van der Waals surface area contributed by atoms with Gasteiger partial charge in [-0.1, -0.05) is 30.3 Å². The summed E-state index contributed by atoms with van der Waals surface area (Å²) >= 11 is 0. The molecule has 0 radical (unpaired) electrons. The summed E-state index contributed by atoms with van der Waals surface area (Å²) in [5.41, 5.74) is 2.36. The SMILES string of the molecule is O=S(=O)(CCN1CCC1)N(Cc1ccc(-c2nnco2)cc1)c1ccccc1. The smallest absolute Gasteiger partial charge is 0.247 e. The molecule has 3 aromatic rings. The topological polar surface area (TPSA) is 79.5 Å². The Labute approximate surface area is 164 Å². The quantitative estimate of drug-likeness (QED) is 0.581. The van der Waals surface area contributed by atoms with Crippen molar-refractivity contribution in [3.05, 3.63) is 66.6 Å². The van der Waals surface area contributed by atoms with E-state index in [4.69, 9.17) is 4.42 Å². The number of para-hydroxylation sites is 1. The molecule has 1 fully saturated rings. The van der Waals surface area contributed by atoms with Gasteiger partial charge in [0.15, 0.2) is 0 Å². The van der Waals surface area contributed by atoms with Gasteiger partial charge in [-0.05, 0) is 49.3 Å². The normalized spacial score (nSPS) is 14.6. The van der Waals surface area contributed by atoms with E-state index in [9.17, 15) is 8.42 Å². The fourth-order valence-corrected chi connectivity index (χ4v) is 4.62. The maximum absolute atomic E-state index is 13.1. The Balaban J connectivity index is 1.55. The summed E-state index contributed by atoms with van der Waals surface area (Å²) in [7, 11) is -3.45. The highest BCUT2D eigenvalue weighted by atomic mass is 32.2. The minimum Gasteiger partial charge on any atom is -0.423 e. The molecule has 0 atom stereocenters. The van der Waals surface area contributed by atoms with Crippen LogP contribution in [-0.4, -0.2) is 48.9 Å². The Hall–Kier alpha value is -2.71. The number of benzene rings is 2. The lowest BCUT2D eigenvalue weighted by atomic mass is 10.1. The van der Waals surface area contributed by atoms with Gasteiger partial charge in [-0.15, -0.1) is 10.2 Å². The van der Waals surface area contributed by atoms with Crippen LogP contribution in [0.3, 0.4) is 0 Å². The van der Waals surface area contributed by atoms with E-state index in [0.29, 0.717) is 18.1 Å². The van der Waals surface area contributed by atoms with Crippen LogP contribution in [0.1, 0.15) is 12.0 Å². The van der Waals surface area contributed by atoms with Crippen LogP contribution in [0.15, 0.2) is 65.4 Å². The summed E-state index contributed by atoms with van der Waals surface area (Å²) in [5.74, 6) is 0.552.